The first-order valence-electron chi connectivity index (χ1n) is 7.32. The highest BCUT2D eigenvalue weighted by Crippen LogP contribution is 2.37. The fraction of sp³-hybridized carbons (Fsp3) is 0.786. The molecule has 0 aromatic carbocycles. The molecule has 0 spiro atoms. The fourth-order valence-electron chi connectivity index (χ4n) is 3.18. The second kappa shape index (κ2) is 6.32. The second-order valence-electron chi connectivity index (χ2n) is 5.91. The zero-order chi connectivity index (χ0) is 15.5. The largest absolute Gasteiger partial charge is 0.481 e. The summed E-state index contributed by atoms with van der Waals surface area (Å²) in [6.07, 6.45) is 3.57. The van der Waals surface area contributed by atoms with E-state index < -0.39 is 11.4 Å². The van der Waals surface area contributed by atoms with Crippen molar-refractivity contribution in [2.45, 2.75) is 32.1 Å². The topological polar surface area (TPSA) is 95.9 Å². The van der Waals surface area contributed by atoms with Crippen LogP contribution in [0.5, 0.6) is 0 Å². The van der Waals surface area contributed by atoms with Crippen LogP contribution >= 0.6 is 0 Å². The van der Waals surface area contributed by atoms with Gasteiger partial charge in [0.1, 0.15) is 0 Å². The number of methoxy groups -OCH3 is 1. The quantitative estimate of drug-likeness (QED) is 0.750. The molecule has 2 rings (SSSR count). The Morgan fingerprint density at radius 3 is 2.57 bits per heavy atom. The Bertz CT molecular complexity index is 431. The molecule has 2 aliphatic rings. The lowest BCUT2D eigenvalue weighted by atomic mass is 9.86. The lowest BCUT2D eigenvalue weighted by Gasteiger charge is -2.26. The van der Waals surface area contributed by atoms with Crippen LogP contribution in [-0.2, 0) is 14.3 Å². The lowest BCUT2D eigenvalue weighted by Crippen LogP contribution is -2.46. The minimum absolute atomic E-state index is 0.153. The third-order valence-corrected chi connectivity index (χ3v) is 4.60. The van der Waals surface area contributed by atoms with Crippen molar-refractivity contribution in [2.24, 2.45) is 11.3 Å². The first kappa shape index (κ1) is 15.6. The highest BCUT2D eigenvalue weighted by Gasteiger charge is 2.42. The van der Waals surface area contributed by atoms with E-state index in [4.69, 9.17) is 0 Å². The Hall–Kier alpha value is -1.79. The number of rotatable bonds is 4. The molecule has 118 valence electrons. The van der Waals surface area contributed by atoms with E-state index in [1.54, 1.807) is 4.90 Å². The first-order chi connectivity index (χ1) is 9.98. The minimum atomic E-state index is -0.839. The molecule has 1 heterocycles. The van der Waals surface area contributed by atoms with Crippen molar-refractivity contribution in [1.29, 1.82) is 0 Å². The van der Waals surface area contributed by atoms with E-state index in [-0.39, 0.29) is 24.5 Å². The Labute approximate surface area is 123 Å². The molecular formula is C14H22N2O5. The molecule has 2 N–H and O–H groups in total. The van der Waals surface area contributed by atoms with Crippen LogP contribution in [-0.4, -0.2) is 54.7 Å². The molecule has 0 radical (unpaired) electrons. The van der Waals surface area contributed by atoms with Crippen LogP contribution in [0, 0.1) is 11.3 Å². The van der Waals surface area contributed by atoms with Crippen molar-refractivity contribution in [3.63, 3.8) is 0 Å². The van der Waals surface area contributed by atoms with E-state index >= 15 is 0 Å². The van der Waals surface area contributed by atoms with Gasteiger partial charge in [-0.2, -0.15) is 0 Å². The Kier molecular flexibility index (Phi) is 4.69. The number of likely N-dealkylation sites (tertiary alicyclic amines) is 1. The molecule has 1 unspecified atom stereocenters. The van der Waals surface area contributed by atoms with Gasteiger partial charge in [0.05, 0.1) is 18.4 Å². The molecule has 1 atom stereocenters. The summed E-state index contributed by atoms with van der Waals surface area (Å²) >= 11 is 0. The number of carboxylic acids is 1. The summed E-state index contributed by atoms with van der Waals surface area (Å²) in [6, 6.07) is -0.297. The number of ether oxygens (including phenoxy) is 1. The van der Waals surface area contributed by atoms with Crippen LogP contribution in [0.3, 0.4) is 0 Å². The van der Waals surface area contributed by atoms with Crippen molar-refractivity contribution < 1.29 is 24.2 Å². The van der Waals surface area contributed by atoms with Crippen molar-refractivity contribution in [1.82, 2.24) is 10.2 Å². The summed E-state index contributed by atoms with van der Waals surface area (Å²) in [5.74, 6) is -1.42. The average molecular weight is 298 g/mol. The number of hydrogen-bond donors (Lipinski definition) is 2. The number of carboxylic acid groups (broad SMARTS) is 1. The van der Waals surface area contributed by atoms with Gasteiger partial charge in [-0.1, -0.05) is 12.8 Å². The molecule has 2 fully saturated rings. The monoisotopic (exact) mass is 298 g/mol. The summed E-state index contributed by atoms with van der Waals surface area (Å²) in [7, 11) is 1.34. The van der Waals surface area contributed by atoms with Gasteiger partial charge in [0.25, 0.3) is 0 Å². The van der Waals surface area contributed by atoms with Crippen LogP contribution in [0.2, 0.25) is 0 Å². The van der Waals surface area contributed by atoms with E-state index in [9.17, 15) is 19.5 Å². The zero-order valence-corrected chi connectivity index (χ0v) is 12.3. The number of hydrogen-bond acceptors (Lipinski definition) is 4. The molecule has 0 aromatic heterocycles. The molecule has 1 saturated carbocycles. The van der Waals surface area contributed by atoms with Gasteiger partial charge in [0.2, 0.25) is 0 Å². The summed E-state index contributed by atoms with van der Waals surface area (Å²) in [5.41, 5.74) is -0.822. The Balaban J connectivity index is 1.85. The van der Waals surface area contributed by atoms with Crippen LogP contribution < -0.4 is 5.32 Å². The summed E-state index contributed by atoms with van der Waals surface area (Å²) in [4.78, 5) is 36.5. The van der Waals surface area contributed by atoms with Gasteiger partial charge >= 0.3 is 18.0 Å². The maximum absolute atomic E-state index is 12.1. The van der Waals surface area contributed by atoms with E-state index in [1.165, 1.54) is 7.11 Å². The third-order valence-electron chi connectivity index (χ3n) is 4.60. The highest BCUT2D eigenvalue weighted by molar-refractivity contribution is 5.80. The molecule has 1 saturated heterocycles. The van der Waals surface area contributed by atoms with Gasteiger partial charge in [-0.3, -0.25) is 9.59 Å². The van der Waals surface area contributed by atoms with Gasteiger partial charge in [-0.25, -0.2) is 4.79 Å². The van der Waals surface area contributed by atoms with Crippen molar-refractivity contribution in [3.05, 3.63) is 0 Å². The van der Waals surface area contributed by atoms with Crippen molar-refractivity contribution in [3.8, 4) is 0 Å². The maximum atomic E-state index is 12.1. The molecule has 1 aliphatic heterocycles. The molecule has 0 bridgehead atoms. The average Bonchev–Trinajstić information content (AvgIpc) is 3.13. The van der Waals surface area contributed by atoms with Crippen LogP contribution in [0.15, 0.2) is 0 Å². The number of nitrogens with zero attached hydrogens (tertiary/aromatic N) is 1. The lowest BCUT2D eigenvalue weighted by molar-refractivity contribution is -0.148. The van der Waals surface area contributed by atoms with Crippen molar-refractivity contribution in [2.75, 3.05) is 26.7 Å². The van der Waals surface area contributed by atoms with Crippen molar-refractivity contribution >= 4 is 18.0 Å². The van der Waals surface area contributed by atoms with Gasteiger partial charge < -0.3 is 20.1 Å². The molecule has 7 heteroatoms. The number of carbonyl (C=O) groups excluding carboxylic acids is 2. The standard InChI is InChI=1S/C14H22N2O5/c1-21-11(17)10-4-7-16(8-10)13(20)15-9-14(12(18)19)5-2-3-6-14/h10H,2-9H2,1H3,(H,15,20)(H,18,19). The number of amides is 2. The first-order valence-corrected chi connectivity index (χ1v) is 7.32. The van der Waals surface area contributed by atoms with Gasteiger partial charge in [0, 0.05) is 19.6 Å². The predicted octanol–water partition coefficient (Wildman–Crippen LogP) is 0.836. The van der Waals surface area contributed by atoms with Crippen LogP contribution in [0.25, 0.3) is 0 Å². The number of nitrogens with one attached hydrogen (secondary N) is 1. The fourth-order valence-corrected chi connectivity index (χ4v) is 3.18. The molecule has 2 amide bonds. The van der Waals surface area contributed by atoms with E-state index in [1.807, 2.05) is 0 Å². The SMILES string of the molecule is COC(=O)C1CCN(C(=O)NCC2(C(=O)O)CCCC2)C1. The second-order valence-corrected chi connectivity index (χ2v) is 5.91. The highest BCUT2D eigenvalue weighted by atomic mass is 16.5. The van der Waals surface area contributed by atoms with Crippen LogP contribution in [0.4, 0.5) is 4.79 Å². The predicted molar refractivity (Wildman–Crippen MR) is 73.6 cm³/mol. The summed E-state index contributed by atoms with van der Waals surface area (Å²) < 4.78 is 4.68. The molecule has 7 nitrogen and oxygen atoms in total. The Morgan fingerprint density at radius 2 is 2.00 bits per heavy atom. The van der Waals surface area contributed by atoms with Gasteiger partial charge in [0.15, 0.2) is 0 Å². The molecular weight excluding hydrogens is 276 g/mol. The number of urea groups is 1. The van der Waals surface area contributed by atoms with Gasteiger partial charge in [-0.15, -0.1) is 0 Å². The van der Waals surface area contributed by atoms with E-state index in [0.29, 0.717) is 32.4 Å². The summed E-state index contributed by atoms with van der Waals surface area (Å²) in [6.45, 7) is 0.977. The molecule has 21 heavy (non-hydrogen) atoms. The molecule has 0 aromatic rings. The smallest absolute Gasteiger partial charge is 0.317 e. The number of aliphatic carboxylic acids is 1. The number of carbonyl (C=O) groups is 3. The summed E-state index contributed by atoms with van der Waals surface area (Å²) in [5, 5.41) is 12.1. The van der Waals surface area contributed by atoms with Gasteiger partial charge in [-0.05, 0) is 19.3 Å². The Morgan fingerprint density at radius 1 is 1.33 bits per heavy atom. The normalized spacial score (nSPS) is 23.9. The number of esters is 1. The van der Waals surface area contributed by atoms with E-state index in [0.717, 1.165) is 12.8 Å². The minimum Gasteiger partial charge on any atom is -0.481 e. The van der Waals surface area contributed by atoms with E-state index in [2.05, 4.69) is 10.1 Å². The van der Waals surface area contributed by atoms with Crippen LogP contribution in [0.1, 0.15) is 32.1 Å². The molecule has 1 aliphatic carbocycles. The zero-order valence-electron chi connectivity index (χ0n) is 12.3. The maximum Gasteiger partial charge on any atom is 0.317 e. The third kappa shape index (κ3) is 3.28.